The first-order valence-corrected chi connectivity index (χ1v) is 12.7. The number of methoxy groups -OCH3 is 2. The van der Waals surface area contributed by atoms with Gasteiger partial charge >= 0.3 is 11.9 Å². The topological polar surface area (TPSA) is 52.6 Å². The minimum Gasteiger partial charge on any atom is -0.465 e. The van der Waals surface area contributed by atoms with Crippen molar-refractivity contribution in [1.82, 2.24) is 0 Å². The zero-order chi connectivity index (χ0) is 25.3. The van der Waals surface area contributed by atoms with Crippen LogP contribution in [0, 0.1) is 23.7 Å². The zero-order valence-electron chi connectivity index (χ0n) is 20.1. The third-order valence-corrected chi connectivity index (χ3v) is 5.33. The van der Waals surface area contributed by atoms with Gasteiger partial charge in [0.2, 0.25) is 0 Å². The molecule has 0 aromatic heterocycles. The molecule has 0 N–H and O–H groups in total. The fourth-order valence-electron chi connectivity index (χ4n) is 2.66. The predicted molar refractivity (Wildman–Crippen MR) is 144 cm³/mol. The van der Waals surface area contributed by atoms with Crippen LogP contribution in [0.1, 0.15) is 84.2 Å². The molecule has 0 aliphatic heterocycles. The van der Waals surface area contributed by atoms with Gasteiger partial charge in [-0.3, -0.25) is 0 Å². The smallest absolute Gasteiger partial charge is 0.337 e. The van der Waals surface area contributed by atoms with Gasteiger partial charge in [-0.2, -0.15) is 0 Å². The minimum atomic E-state index is -0.353. The van der Waals surface area contributed by atoms with E-state index in [4.69, 9.17) is 4.74 Å². The third kappa shape index (κ3) is 11.5. The molecule has 2 rings (SSSR count). The van der Waals surface area contributed by atoms with Crippen LogP contribution in [0.3, 0.4) is 0 Å². The van der Waals surface area contributed by atoms with Crippen LogP contribution in [-0.4, -0.2) is 26.2 Å². The lowest BCUT2D eigenvalue weighted by atomic mass is 10.1. The lowest BCUT2D eigenvalue weighted by Gasteiger charge is -2.01. The molecule has 2 aromatic rings. The largest absolute Gasteiger partial charge is 0.465 e. The third-order valence-electron chi connectivity index (χ3n) is 4.41. The molecule has 0 aliphatic carbocycles. The Morgan fingerprint density at radius 3 is 1.50 bits per heavy atom. The van der Waals surface area contributed by atoms with Gasteiger partial charge in [-0.1, -0.05) is 82.2 Å². The van der Waals surface area contributed by atoms with E-state index in [9.17, 15) is 9.59 Å². The van der Waals surface area contributed by atoms with Crippen LogP contribution in [0.4, 0.5) is 0 Å². The van der Waals surface area contributed by atoms with Gasteiger partial charge in [-0.15, -0.1) is 0 Å². The summed E-state index contributed by atoms with van der Waals surface area (Å²) in [5.74, 6) is 11.8. The van der Waals surface area contributed by atoms with Crippen molar-refractivity contribution in [3.05, 3.63) is 67.6 Å². The summed E-state index contributed by atoms with van der Waals surface area (Å²) < 4.78 is 11.1. The molecule has 2 aromatic carbocycles. The van der Waals surface area contributed by atoms with E-state index in [0.29, 0.717) is 11.1 Å². The highest BCUT2D eigenvalue weighted by molar-refractivity contribution is 9.11. The van der Waals surface area contributed by atoms with Gasteiger partial charge in [0.1, 0.15) is 0 Å². The molecule has 0 fully saturated rings. The summed E-state index contributed by atoms with van der Waals surface area (Å²) in [6.07, 6.45) is 6.18. The predicted octanol–water partition coefficient (Wildman–Crippen LogP) is 7.55. The molecule has 0 spiro atoms. The summed E-state index contributed by atoms with van der Waals surface area (Å²) in [6.45, 7) is 4.28. The lowest BCUT2D eigenvalue weighted by Crippen LogP contribution is -2.02. The Bertz CT molecular complexity index is 1020. The van der Waals surface area contributed by atoms with Crippen molar-refractivity contribution in [2.75, 3.05) is 14.2 Å². The number of hydrogen-bond acceptors (Lipinski definition) is 4. The monoisotopic (exact) mass is 588 g/mol. The molecule has 0 radical (unpaired) electrons. The second kappa shape index (κ2) is 17.0. The fraction of sp³-hybridized carbons (Fsp3) is 0.357. The number of rotatable bonds is 6. The number of hydrogen-bond donors (Lipinski definition) is 0. The summed E-state index contributed by atoms with van der Waals surface area (Å²) in [4.78, 5) is 22.8. The SMILES string of the molecule is CCCCC#Cc1cc(C#CCCCC)cc(C(=O)OC)c1.COC(=O)c1cc(Br)cc(Br)c1. The van der Waals surface area contributed by atoms with Crippen LogP contribution in [0.15, 0.2) is 45.3 Å². The zero-order valence-corrected chi connectivity index (χ0v) is 23.3. The van der Waals surface area contributed by atoms with E-state index in [1.807, 2.05) is 12.1 Å². The first kappa shape index (κ1) is 29.5. The molecule has 0 heterocycles. The standard InChI is InChI=1S/C20H24O2.C8H6Br2O2/c1-4-6-8-10-12-17-14-18(13-11-9-7-5-2)16-19(15-17)20(21)22-3;1-12-8(11)5-2-6(9)4-7(10)3-5/h14-16H,4-9H2,1-3H3;2-4H,1H3. The summed E-state index contributed by atoms with van der Waals surface area (Å²) in [5.41, 5.74) is 2.67. The van der Waals surface area contributed by atoms with E-state index < -0.39 is 0 Å². The van der Waals surface area contributed by atoms with Crippen molar-refractivity contribution in [1.29, 1.82) is 0 Å². The lowest BCUT2D eigenvalue weighted by molar-refractivity contribution is 0.0591. The van der Waals surface area contributed by atoms with E-state index >= 15 is 0 Å². The Hall–Kier alpha value is -2.54. The quantitative estimate of drug-likeness (QED) is 0.198. The molecule has 34 heavy (non-hydrogen) atoms. The highest BCUT2D eigenvalue weighted by atomic mass is 79.9. The van der Waals surface area contributed by atoms with E-state index in [1.165, 1.54) is 14.2 Å². The van der Waals surface area contributed by atoms with Crippen molar-refractivity contribution in [3.63, 3.8) is 0 Å². The number of esters is 2. The second-order valence-corrected chi connectivity index (χ2v) is 9.08. The van der Waals surface area contributed by atoms with Crippen molar-refractivity contribution >= 4 is 43.8 Å². The average molecular weight is 590 g/mol. The van der Waals surface area contributed by atoms with Gasteiger partial charge in [-0.25, -0.2) is 9.59 Å². The molecule has 0 bridgehead atoms. The van der Waals surface area contributed by atoms with Gasteiger partial charge in [0, 0.05) is 32.9 Å². The molecule has 0 atom stereocenters. The summed E-state index contributed by atoms with van der Waals surface area (Å²) in [7, 11) is 2.74. The Balaban J connectivity index is 0.000000404. The van der Waals surface area contributed by atoms with Gasteiger partial charge in [-0.05, 0) is 49.2 Å². The van der Waals surface area contributed by atoms with E-state index in [-0.39, 0.29) is 11.9 Å². The second-order valence-electron chi connectivity index (χ2n) is 7.25. The molecule has 0 saturated carbocycles. The Morgan fingerprint density at radius 2 is 1.12 bits per heavy atom. The van der Waals surface area contributed by atoms with Gasteiger partial charge < -0.3 is 9.47 Å². The van der Waals surface area contributed by atoms with E-state index in [1.54, 1.807) is 24.3 Å². The number of unbranched alkanes of at least 4 members (excludes halogenated alkanes) is 4. The summed E-state index contributed by atoms with van der Waals surface area (Å²) >= 11 is 6.55. The Labute approximate surface area is 220 Å². The first-order chi connectivity index (χ1) is 16.3. The van der Waals surface area contributed by atoms with Crippen LogP contribution in [-0.2, 0) is 9.47 Å². The Kier molecular flexibility index (Phi) is 14.7. The molecule has 0 aliphatic rings. The van der Waals surface area contributed by atoms with Crippen molar-refractivity contribution in [2.45, 2.75) is 52.4 Å². The molecule has 0 saturated heterocycles. The highest BCUT2D eigenvalue weighted by Crippen LogP contribution is 2.20. The fourth-order valence-corrected chi connectivity index (χ4v) is 3.95. The highest BCUT2D eigenvalue weighted by Gasteiger charge is 2.08. The van der Waals surface area contributed by atoms with Crippen LogP contribution < -0.4 is 0 Å². The van der Waals surface area contributed by atoms with Crippen molar-refractivity contribution in [2.24, 2.45) is 0 Å². The van der Waals surface area contributed by atoms with Crippen LogP contribution >= 0.6 is 31.9 Å². The molecule has 180 valence electrons. The van der Waals surface area contributed by atoms with E-state index in [0.717, 1.165) is 58.6 Å². The maximum Gasteiger partial charge on any atom is 0.337 e. The summed E-state index contributed by atoms with van der Waals surface area (Å²) in [5, 5.41) is 0. The molecule has 0 amide bonds. The molecule has 4 nitrogen and oxygen atoms in total. The van der Waals surface area contributed by atoms with Crippen LogP contribution in [0.25, 0.3) is 0 Å². The number of benzene rings is 2. The van der Waals surface area contributed by atoms with E-state index in [2.05, 4.69) is 74.1 Å². The van der Waals surface area contributed by atoms with Crippen molar-refractivity contribution in [3.8, 4) is 23.7 Å². The number of carbonyl (C=O) groups is 2. The van der Waals surface area contributed by atoms with Crippen molar-refractivity contribution < 1.29 is 19.1 Å². The van der Waals surface area contributed by atoms with Crippen LogP contribution in [0.5, 0.6) is 0 Å². The maximum atomic E-state index is 11.8. The van der Waals surface area contributed by atoms with Crippen LogP contribution in [0.2, 0.25) is 0 Å². The van der Waals surface area contributed by atoms with Gasteiger partial charge in [0.05, 0.1) is 25.3 Å². The van der Waals surface area contributed by atoms with Gasteiger partial charge in [0.25, 0.3) is 0 Å². The molecule has 6 heteroatoms. The Morgan fingerprint density at radius 1 is 0.706 bits per heavy atom. The molecule has 0 unspecified atom stereocenters. The molecular weight excluding hydrogens is 560 g/mol. The minimum absolute atomic E-state index is 0.336. The average Bonchev–Trinajstić information content (AvgIpc) is 2.83. The number of ether oxygens (including phenoxy) is 2. The molecular formula is C28H30Br2O4. The maximum absolute atomic E-state index is 11.8. The first-order valence-electron chi connectivity index (χ1n) is 11.1. The van der Waals surface area contributed by atoms with Gasteiger partial charge in [0.15, 0.2) is 0 Å². The summed E-state index contributed by atoms with van der Waals surface area (Å²) in [6, 6.07) is 10.7. The number of carbonyl (C=O) groups excluding carboxylic acids is 2. The normalized spacial score (nSPS) is 9.35. The number of halogens is 2.